The number of benzene rings is 5. The summed E-state index contributed by atoms with van der Waals surface area (Å²) in [4.78, 5) is 0. The topological polar surface area (TPSA) is 0 Å². The van der Waals surface area contributed by atoms with Gasteiger partial charge in [-0.1, -0.05) is 72.8 Å². The minimum Gasteiger partial charge on any atom is -0.147 e. The minimum absolute atomic E-state index is 0. The summed E-state index contributed by atoms with van der Waals surface area (Å²) in [6, 6.07) is 26.4. The fourth-order valence-electron chi connectivity index (χ4n) is 3.56. The van der Waals surface area contributed by atoms with E-state index < -0.39 is 0 Å². The summed E-state index contributed by atoms with van der Waals surface area (Å²) in [5.74, 6) is 0. The normalized spacial score (nSPS) is 11.4. The number of halogens is 1. The molecule has 0 bridgehead atoms. The summed E-state index contributed by atoms with van der Waals surface area (Å²) in [7, 11) is 0. The third-order valence-corrected chi connectivity index (χ3v) is 4.39. The van der Waals surface area contributed by atoms with Crippen LogP contribution in [0.2, 0.25) is 0 Å². The Morgan fingerprint density at radius 2 is 0.810 bits per heavy atom. The van der Waals surface area contributed by atoms with Gasteiger partial charge >= 0.3 is 0 Å². The van der Waals surface area contributed by atoms with Crippen LogP contribution in [0.4, 0.5) is 0 Å². The van der Waals surface area contributed by atoms with Crippen LogP contribution >= 0.6 is 12.4 Å². The third kappa shape index (κ3) is 1.51. The molecule has 0 aliphatic rings. The van der Waals surface area contributed by atoms with Crippen molar-refractivity contribution in [2.45, 2.75) is 0 Å². The van der Waals surface area contributed by atoms with E-state index in [0.29, 0.717) is 0 Å². The molecule has 0 radical (unpaired) electrons. The van der Waals surface area contributed by atoms with E-state index in [1.807, 2.05) is 0 Å². The number of hydrogen-bond acceptors (Lipinski definition) is 0. The molecule has 0 amide bonds. The van der Waals surface area contributed by atoms with Gasteiger partial charge in [0.1, 0.15) is 0 Å². The predicted molar refractivity (Wildman–Crippen MR) is 94.9 cm³/mol. The van der Waals surface area contributed by atoms with Crippen LogP contribution in [0.3, 0.4) is 0 Å². The van der Waals surface area contributed by atoms with E-state index in [9.17, 15) is 0 Å². The fourth-order valence-corrected chi connectivity index (χ4v) is 3.56. The highest BCUT2D eigenvalue weighted by atomic mass is 35.5. The van der Waals surface area contributed by atoms with Crippen LogP contribution in [-0.4, -0.2) is 0 Å². The molecule has 5 rings (SSSR count). The lowest BCUT2D eigenvalue weighted by atomic mass is 9.89. The van der Waals surface area contributed by atoms with Gasteiger partial charge in [-0.3, -0.25) is 0 Å². The highest BCUT2D eigenvalue weighted by molar-refractivity contribution is 6.33. The van der Waals surface area contributed by atoms with Crippen LogP contribution in [0.1, 0.15) is 0 Å². The van der Waals surface area contributed by atoms with Gasteiger partial charge in [0.25, 0.3) is 0 Å². The molecule has 0 fully saturated rings. The Morgan fingerprint density at radius 3 is 1.29 bits per heavy atom. The zero-order valence-electron chi connectivity index (χ0n) is 11.3. The van der Waals surface area contributed by atoms with Gasteiger partial charge in [0.2, 0.25) is 0 Å². The molecule has 5 aromatic carbocycles. The third-order valence-electron chi connectivity index (χ3n) is 4.39. The molecule has 0 heterocycles. The minimum atomic E-state index is 0. The van der Waals surface area contributed by atoms with Gasteiger partial charge in [0, 0.05) is 0 Å². The van der Waals surface area contributed by atoms with Crippen molar-refractivity contribution >= 4 is 55.5 Å². The van der Waals surface area contributed by atoms with E-state index in [-0.39, 0.29) is 12.4 Å². The molecule has 0 aliphatic carbocycles. The molecule has 1 heteroatoms. The lowest BCUT2D eigenvalue weighted by Crippen LogP contribution is -1.86. The van der Waals surface area contributed by atoms with E-state index >= 15 is 0 Å². The maximum Gasteiger partial charge on any atom is -0.00203 e. The van der Waals surface area contributed by atoms with Crippen molar-refractivity contribution in [2.75, 3.05) is 0 Å². The Labute approximate surface area is 128 Å². The molecule has 0 saturated carbocycles. The van der Waals surface area contributed by atoms with E-state index in [4.69, 9.17) is 0 Å². The van der Waals surface area contributed by atoms with Crippen LogP contribution in [0.5, 0.6) is 0 Å². The first kappa shape index (κ1) is 12.4. The average molecular weight is 289 g/mol. The molecular formula is C20H13Cl. The molecule has 21 heavy (non-hydrogen) atoms. The highest BCUT2D eigenvalue weighted by Gasteiger charge is 2.11. The Hall–Kier alpha value is -2.31. The van der Waals surface area contributed by atoms with Crippen LogP contribution in [0.25, 0.3) is 43.1 Å². The van der Waals surface area contributed by atoms with Gasteiger partial charge in [-0.25, -0.2) is 0 Å². The summed E-state index contributed by atoms with van der Waals surface area (Å²) in [6.07, 6.45) is 0. The number of rotatable bonds is 0. The zero-order chi connectivity index (χ0) is 13.1. The van der Waals surface area contributed by atoms with Gasteiger partial charge in [-0.2, -0.15) is 0 Å². The van der Waals surface area contributed by atoms with Crippen molar-refractivity contribution in [3.63, 3.8) is 0 Å². The van der Waals surface area contributed by atoms with Crippen molar-refractivity contribution in [1.82, 2.24) is 0 Å². The van der Waals surface area contributed by atoms with Gasteiger partial charge < -0.3 is 0 Å². The van der Waals surface area contributed by atoms with Crippen molar-refractivity contribution in [3.05, 3.63) is 72.8 Å². The SMILES string of the molecule is Cl.c1ccc2c(c1)c1cccc3ccc4cccc2c4c31. The average Bonchev–Trinajstić information content (AvgIpc) is 2.53. The zero-order valence-corrected chi connectivity index (χ0v) is 12.2. The second kappa shape index (κ2) is 4.34. The lowest BCUT2D eigenvalue weighted by molar-refractivity contribution is 1.78. The number of fused-ring (bicyclic) bond motifs is 3. The van der Waals surface area contributed by atoms with Crippen LogP contribution in [0.15, 0.2) is 72.8 Å². The summed E-state index contributed by atoms with van der Waals surface area (Å²) in [5, 5.41) is 10.9. The Balaban J connectivity index is 0.00000115. The molecule has 5 aromatic rings. The Morgan fingerprint density at radius 1 is 0.381 bits per heavy atom. The summed E-state index contributed by atoms with van der Waals surface area (Å²) >= 11 is 0. The Bertz CT molecular complexity index is 1000. The standard InChI is InChI=1S/C20H12.ClH/c1-2-8-16-15(7-1)17-9-3-5-13-11-12-14-6-4-10-18(16)20(14)19(13)17;/h1-12H;1H. The second-order valence-electron chi connectivity index (χ2n) is 5.42. The molecule has 0 saturated heterocycles. The van der Waals surface area contributed by atoms with Crippen molar-refractivity contribution in [1.29, 1.82) is 0 Å². The van der Waals surface area contributed by atoms with Gasteiger partial charge in [0.15, 0.2) is 0 Å². The largest absolute Gasteiger partial charge is 0.147 e. The van der Waals surface area contributed by atoms with Crippen molar-refractivity contribution in [3.8, 4) is 0 Å². The smallest absolute Gasteiger partial charge is 0.00203 e. The first-order valence-corrected chi connectivity index (χ1v) is 6.98. The van der Waals surface area contributed by atoms with Crippen molar-refractivity contribution in [2.24, 2.45) is 0 Å². The molecule has 0 nitrogen and oxygen atoms in total. The quantitative estimate of drug-likeness (QED) is 0.236. The van der Waals surface area contributed by atoms with Crippen LogP contribution in [0, 0.1) is 0 Å². The van der Waals surface area contributed by atoms with Gasteiger partial charge in [-0.15, -0.1) is 12.4 Å². The van der Waals surface area contributed by atoms with E-state index in [2.05, 4.69) is 72.8 Å². The molecule has 0 aliphatic heterocycles. The van der Waals surface area contributed by atoms with E-state index in [0.717, 1.165) is 0 Å². The molecule has 100 valence electrons. The summed E-state index contributed by atoms with van der Waals surface area (Å²) in [6.45, 7) is 0. The van der Waals surface area contributed by atoms with Gasteiger partial charge in [0.05, 0.1) is 0 Å². The maximum atomic E-state index is 2.25. The van der Waals surface area contributed by atoms with E-state index in [1.165, 1.54) is 43.1 Å². The number of hydrogen-bond donors (Lipinski definition) is 0. The first-order valence-electron chi connectivity index (χ1n) is 6.98. The molecular weight excluding hydrogens is 276 g/mol. The molecule has 0 aromatic heterocycles. The van der Waals surface area contributed by atoms with Crippen LogP contribution in [-0.2, 0) is 0 Å². The summed E-state index contributed by atoms with van der Waals surface area (Å²) in [5.41, 5.74) is 0. The first-order chi connectivity index (χ1) is 9.93. The predicted octanol–water partition coefficient (Wildman–Crippen LogP) is 6.16. The molecule has 0 atom stereocenters. The molecule has 0 unspecified atom stereocenters. The summed E-state index contributed by atoms with van der Waals surface area (Å²) < 4.78 is 0. The monoisotopic (exact) mass is 288 g/mol. The maximum absolute atomic E-state index is 2.25. The molecule has 0 N–H and O–H groups in total. The van der Waals surface area contributed by atoms with Crippen molar-refractivity contribution < 1.29 is 0 Å². The van der Waals surface area contributed by atoms with Gasteiger partial charge in [-0.05, 0) is 43.1 Å². The fraction of sp³-hybridized carbons (Fsp3) is 0. The lowest BCUT2D eigenvalue weighted by Gasteiger charge is -2.14. The second-order valence-corrected chi connectivity index (χ2v) is 5.42. The Kier molecular flexibility index (Phi) is 2.57. The van der Waals surface area contributed by atoms with E-state index in [1.54, 1.807) is 0 Å². The molecule has 0 spiro atoms. The highest BCUT2D eigenvalue weighted by Crippen LogP contribution is 2.40. The van der Waals surface area contributed by atoms with Crippen LogP contribution < -0.4 is 0 Å².